The average Bonchev–Trinajstić information content (AvgIpc) is 3.86. The van der Waals surface area contributed by atoms with E-state index < -0.39 is 77.2 Å². The number of nitrogens with one attached hydrogen (secondary N) is 3. The number of hydrogen-bond donors (Lipinski definition) is 5. The summed E-state index contributed by atoms with van der Waals surface area (Å²) in [6.45, 7) is 8.02. The first-order valence-corrected chi connectivity index (χ1v) is 25.5. The number of carbonyl (C=O) groups excluding carboxylic acids is 1. The van der Waals surface area contributed by atoms with Crippen molar-refractivity contribution in [3.8, 4) is 12.1 Å². The zero-order chi connectivity index (χ0) is 43.3. The molecule has 4 heterocycles. The molecule has 1 saturated carbocycles. The van der Waals surface area contributed by atoms with E-state index in [1.54, 1.807) is 13.8 Å². The number of aromatic nitrogens is 6. The van der Waals surface area contributed by atoms with Gasteiger partial charge in [0, 0.05) is 17.9 Å². The lowest BCUT2D eigenvalue weighted by Crippen LogP contribution is -2.56. The standard InChI is InChI=1S/C34H50N10O11P2SSi/c1-20(2)30(46)42-32-41-29-26(31(47)43-32)39-19-44(29)34(17-50-25(15-45)27(34)54-59(6,7)33(3,4)5)55-57(58,51-10-8-9-35)52-16-21-11-23(12-24(21)53-56(48)49)40-28-22(13-36)14-37-18-38-28/h14,18-21,23-25,27,45,56H,8,10-12,15-17H2,1-7H3,(H,48,49)(H,37,38,40)(H2,41,42,43,46,47)/t21-,23-,24+,25-,27?,34-,57?/m1/s1. The Morgan fingerprint density at radius 3 is 2.66 bits per heavy atom. The zero-order valence-electron chi connectivity index (χ0n) is 33.7. The van der Waals surface area contributed by atoms with Gasteiger partial charge in [-0.05, 0) is 42.8 Å². The van der Waals surface area contributed by atoms with Gasteiger partial charge in [-0.2, -0.15) is 15.5 Å². The van der Waals surface area contributed by atoms with Crippen molar-refractivity contribution >= 4 is 63.9 Å². The molecule has 25 heteroatoms. The number of H-pyrrole nitrogens is 1. The van der Waals surface area contributed by atoms with Crippen molar-refractivity contribution < 1.29 is 46.6 Å². The van der Waals surface area contributed by atoms with Gasteiger partial charge in [-0.25, -0.2) is 15.0 Å². The maximum absolute atomic E-state index is 13.4. The maximum Gasteiger partial charge on any atom is 0.329 e. The van der Waals surface area contributed by atoms with E-state index in [0.29, 0.717) is 6.42 Å². The number of nitriles is 2. The van der Waals surface area contributed by atoms with E-state index in [1.807, 2.05) is 46.0 Å². The van der Waals surface area contributed by atoms with Crippen molar-refractivity contribution in [3.63, 3.8) is 0 Å². The predicted octanol–water partition coefficient (Wildman–Crippen LogP) is 3.66. The average molecular weight is 897 g/mol. The fourth-order valence-corrected chi connectivity index (χ4v) is 10.5. The lowest BCUT2D eigenvalue weighted by Gasteiger charge is -2.45. The molecule has 1 aliphatic heterocycles. The van der Waals surface area contributed by atoms with E-state index in [1.165, 1.54) is 23.4 Å². The van der Waals surface area contributed by atoms with Gasteiger partial charge in [0.1, 0.15) is 36.0 Å². The maximum atomic E-state index is 13.4. The smallest absolute Gasteiger partial charge is 0.329 e. The monoisotopic (exact) mass is 896 g/mol. The molecule has 8 atom stereocenters. The molecule has 3 aromatic heterocycles. The van der Waals surface area contributed by atoms with Crippen LogP contribution in [0.2, 0.25) is 18.1 Å². The van der Waals surface area contributed by atoms with Gasteiger partial charge in [-0.3, -0.25) is 33.5 Å². The first-order chi connectivity index (χ1) is 27.8. The number of aliphatic hydroxyl groups excluding tert-OH is 1. The van der Waals surface area contributed by atoms with Gasteiger partial charge in [0.05, 0.1) is 57.5 Å². The summed E-state index contributed by atoms with van der Waals surface area (Å²) in [6, 6.07) is 3.65. The molecule has 1 amide bonds. The summed E-state index contributed by atoms with van der Waals surface area (Å²) in [5.41, 5.74) is -2.54. The second kappa shape index (κ2) is 19.0. The fraction of sp³-hybridized carbons (Fsp3) is 0.647. The van der Waals surface area contributed by atoms with Crippen molar-refractivity contribution in [1.82, 2.24) is 29.5 Å². The van der Waals surface area contributed by atoms with Gasteiger partial charge in [-0.15, -0.1) is 0 Å². The number of amides is 1. The molecule has 1 saturated heterocycles. The molecule has 0 spiro atoms. The quantitative estimate of drug-likeness (QED) is 0.0691. The number of rotatable bonds is 18. The number of ether oxygens (including phenoxy) is 1. The van der Waals surface area contributed by atoms with Crippen LogP contribution in [0, 0.1) is 34.5 Å². The predicted molar refractivity (Wildman–Crippen MR) is 219 cm³/mol. The van der Waals surface area contributed by atoms with E-state index in [9.17, 15) is 34.7 Å². The van der Waals surface area contributed by atoms with E-state index in [4.69, 9.17) is 39.1 Å². The number of carbonyl (C=O) groups is 1. The number of imidazole rings is 1. The minimum absolute atomic E-state index is 0.0508. The van der Waals surface area contributed by atoms with Gasteiger partial charge < -0.3 is 38.1 Å². The van der Waals surface area contributed by atoms with Crippen LogP contribution < -0.4 is 16.2 Å². The second-order valence-corrected chi connectivity index (χ2v) is 24.4. The normalized spacial score (nSPS) is 25.1. The summed E-state index contributed by atoms with van der Waals surface area (Å²) in [6.07, 6.45) is 1.41. The Kier molecular flexibility index (Phi) is 15.0. The molecule has 1 aliphatic carbocycles. The lowest BCUT2D eigenvalue weighted by atomic mass is 10.1. The van der Waals surface area contributed by atoms with Gasteiger partial charge in [0.25, 0.3) is 5.56 Å². The van der Waals surface area contributed by atoms with Crippen LogP contribution in [0.25, 0.3) is 11.2 Å². The molecule has 5 rings (SSSR count). The number of aromatic amines is 1. The van der Waals surface area contributed by atoms with Crippen LogP contribution in [-0.4, -0.2) is 104 Å². The Balaban J connectivity index is 1.59. The second-order valence-electron chi connectivity index (χ2n) is 16.0. The third-order valence-electron chi connectivity index (χ3n) is 10.5. The number of hydrogen-bond acceptors (Lipinski definition) is 18. The lowest BCUT2D eigenvalue weighted by molar-refractivity contribution is -0.118. The van der Waals surface area contributed by atoms with E-state index in [2.05, 4.69) is 35.6 Å². The molecule has 0 radical (unpaired) electrons. The van der Waals surface area contributed by atoms with Crippen molar-refractivity contribution in [2.75, 3.05) is 37.1 Å². The topological polar surface area (TPSA) is 291 Å². The van der Waals surface area contributed by atoms with Gasteiger partial charge in [0.2, 0.25) is 17.6 Å². The first-order valence-electron chi connectivity index (χ1n) is 18.8. The van der Waals surface area contributed by atoms with Crippen LogP contribution in [0.5, 0.6) is 0 Å². The van der Waals surface area contributed by atoms with Gasteiger partial charge in [0.15, 0.2) is 19.5 Å². The number of nitrogens with zero attached hydrogens (tertiary/aromatic N) is 7. The molecule has 2 aliphatic rings. The fourth-order valence-electron chi connectivity index (χ4n) is 6.38. The Hall–Kier alpha value is -3.54. The van der Waals surface area contributed by atoms with Crippen LogP contribution in [0.1, 0.15) is 59.4 Å². The summed E-state index contributed by atoms with van der Waals surface area (Å²) in [5, 5.41) is 35.2. The van der Waals surface area contributed by atoms with Crippen molar-refractivity contribution in [1.29, 1.82) is 10.5 Å². The van der Waals surface area contributed by atoms with Crippen molar-refractivity contribution in [2.24, 2.45) is 11.8 Å². The summed E-state index contributed by atoms with van der Waals surface area (Å²) < 4.78 is 51.6. The van der Waals surface area contributed by atoms with Gasteiger partial charge in [-0.1, -0.05) is 34.6 Å². The molecular formula is C34H50N10O11P2SSi. The Labute approximate surface area is 347 Å². The van der Waals surface area contributed by atoms with Crippen LogP contribution in [-0.2, 0) is 54.1 Å². The highest BCUT2D eigenvalue weighted by atomic mass is 32.5. The molecule has 322 valence electrons. The molecule has 0 bridgehead atoms. The molecule has 3 unspecified atom stereocenters. The Morgan fingerprint density at radius 1 is 1.27 bits per heavy atom. The molecule has 5 N–H and O–H groups in total. The summed E-state index contributed by atoms with van der Waals surface area (Å²) >= 11 is 6.11. The Bertz CT molecular complexity index is 2210. The van der Waals surface area contributed by atoms with Crippen LogP contribution >= 0.6 is 15.0 Å². The zero-order valence-corrected chi connectivity index (χ0v) is 37.4. The number of fused-ring (bicyclic) bond motifs is 1. The molecule has 0 aromatic carbocycles. The molecular weight excluding hydrogens is 847 g/mol. The third kappa shape index (κ3) is 10.7. The molecule has 59 heavy (non-hydrogen) atoms. The highest BCUT2D eigenvalue weighted by Crippen LogP contribution is 2.58. The molecule has 3 aromatic rings. The van der Waals surface area contributed by atoms with E-state index >= 15 is 0 Å². The first kappa shape index (κ1) is 46.5. The molecule has 21 nitrogen and oxygen atoms in total. The van der Waals surface area contributed by atoms with Crippen LogP contribution in [0.3, 0.4) is 0 Å². The van der Waals surface area contributed by atoms with Crippen LogP contribution in [0.4, 0.5) is 11.8 Å². The van der Waals surface area contributed by atoms with Crippen LogP contribution in [0.15, 0.2) is 23.6 Å². The molecule has 2 fully saturated rings. The van der Waals surface area contributed by atoms with Crippen molar-refractivity contribution in [2.45, 2.75) is 102 Å². The number of aliphatic hydroxyl groups is 1. The minimum atomic E-state index is -4.08. The largest absolute Gasteiger partial charge is 0.406 e. The highest BCUT2D eigenvalue weighted by molar-refractivity contribution is 8.07. The van der Waals surface area contributed by atoms with Crippen molar-refractivity contribution in [3.05, 3.63) is 34.8 Å². The van der Waals surface area contributed by atoms with E-state index in [-0.39, 0.29) is 72.2 Å². The third-order valence-corrected chi connectivity index (χ3v) is 17.8. The summed E-state index contributed by atoms with van der Waals surface area (Å²) in [7, 11) is -6.19. The number of anilines is 2. The Morgan fingerprint density at radius 2 is 2.02 bits per heavy atom. The van der Waals surface area contributed by atoms with E-state index in [0.717, 1.165) is 0 Å². The highest BCUT2D eigenvalue weighted by Gasteiger charge is 2.59. The minimum Gasteiger partial charge on any atom is -0.406 e. The summed E-state index contributed by atoms with van der Waals surface area (Å²) in [5.74, 6) is -1.33. The van der Waals surface area contributed by atoms with Gasteiger partial charge >= 0.3 is 15.0 Å². The SMILES string of the molecule is CC(C)C(=O)Nc1nc2c(ncn2[C@@]2(OP(=S)(OCCC#N)OC[C@H]3C[C@@H](Nc4ncncc4C#N)C[C@@H]3O[PH](=O)O)CO[C@H](CO)C2O[Si](C)(C)C(C)(C)C)c(=O)[nH]1. The summed E-state index contributed by atoms with van der Waals surface area (Å²) in [4.78, 5) is 55.4.